The first-order valence-electron chi connectivity index (χ1n) is 12.1. The normalized spacial score (nSPS) is 18.3. The van der Waals surface area contributed by atoms with Gasteiger partial charge < -0.3 is 4.90 Å². The number of benzene rings is 2. The van der Waals surface area contributed by atoms with E-state index < -0.39 is 10.0 Å². The van der Waals surface area contributed by atoms with Gasteiger partial charge in [-0.3, -0.25) is 13.9 Å². The molecular weight excluding hydrogens is 521 g/mol. The molecular formula is C26H33Cl2N3O4S. The zero-order chi connectivity index (χ0) is 26.1. The first kappa shape index (κ1) is 27.2. The summed E-state index contributed by atoms with van der Waals surface area (Å²) in [4.78, 5) is 20.1. The number of likely N-dealkylation sites (tertiary alicyclic amines) is 1. The van der Waals surface area contributed by atoms with Gasteiger partial charge >= 0.3 is 0 Å². The lowest BCUT2D eigenvalue weighted by molar-refractivity contribution is -0.169. The van der Waals surface area contributed by atoms with Crippen LogP contribution < -0.4 is 4.31 Å². The highest BCUT2D eigenvalue weighted by atomic mass is 35.5. The van der Waals surface area contributed by atoms with E-state index in [1.54, 1.807) is 17.4 Å². The SMILES string of the molecule is CON(C)C(=O)CC(CCN1CCC2(CC1)CN(S(C)(=O)=O)c1ccccc12)c1ccc(Cl)c(Cl)c1. The van der Waals surface area contributed by atoms with E-state index in [1.807, 2.05) is 30.3 Å². The van der Waals surface area contributed by atoms with Crippen molar-refractivity contribution in [1.29, 1.82) is 0 Å². The lowest BCUT2D eigenvalue weighted by Gasteiger charge is -2.40. The van der Waals surface area contributed by atoms with E-state index in [0.717, 1.165) is 55.7 Å². The van der Waals surface area contributed by atoms with Gasteiger partial charge in [0.05, 0.1) is 29.1 Å². The molecule has 1 fully saturated rings. The molecule has 36 heavy (non-hydrogen) atoms. The molecule has 2 heterocycles. The summed E-state index contributed by atoms with van der Waals surface area (Å²) in [6, 6.07) is 13.4. The van der Waals surface area contributed by atoms with Crippen molar-refractivity contribution in [1.82, 2.24) is 9.96 Å². The highest BCUT2D eigenvalue weighted by Crippen LogP contribution is 2.47. The number of para-hydroxylation sites is 1. The molecule has 0 aliphatic carbocycles. The van der Waals surface area contributed by atoms with Crippen molar-refractivity contribution < 1.29 is 18.0 Å². The minimum absolute atomic E-state index is 0.0336. The van der Waals surface area contributed by atoms with E-state index in [4.69, 9.17) is 28.0 Å². The first-order valence-corrected chi connectivity index (χ1v) is 14.7. The van der Waals surface area contributed by atoms with Crippen LogP contribution in [0.5, 0.6) is 0 Å². The zero-order valence-corrected chi connectivity index (χ0v) is 23.2. The van der Waals surface area contributed by atoms with Crippen LogP contribution in [0.2, 0.25) is 10.0 Å². The van der Waals surface area contributed by atoms with Crippen LogP contribution >= 0.6 is 23.2 Å². The minimum Gasteiger partial charge on any atom is -0.303 e. The Labute approximate surface area is 223 Å². The van der Waals surface area contributed by atoms with Crippen molar-refractivity contribution >= 4 is 44.8 Å². The maximum Gasteiger partial charge on any atom is 0.246 e. The summed E-state index contributed by atoms with van der Waals surface area (Å²) in [5.74, 6) is -0.136. The number of anilines is 1. The molecule has 1 unspecified atom stereocenters. The molecule has 7 nitrogen and oxygen atoms in total. The van der Waals surface area contributed by atoms with Crippen molar-refractivity contribution in [3.05, 3.63) is 63.6 Å². The second kappa shape index (κ2) is 10.9. The number of hydrogen-bond donors (Lipinski definition) is 0. The standard InChI is InChI=1S/C26H33Cl2N3O4S/c1-29(35-2)25(32)17-20(19-8-9-22(27)23(28)16-19)10-13-30-14-11-26(12-15-30)18-31(36(3,33)34)24-7-5-4-6-21(24)26/h4-9,16,20H,10-15,17-18H2,1-3H3. The molecule has 0 N–H and O–H groups in total. The van der Waals surface area contributed by atoms with E-state index in [9.17, 15) is 13.2 Å². The number of carbonyl (C=O) groups is 1. The number of hydroxylamine groups is 2. The van der Waals surface area contributed by atoms with Crippen molar-refractivity contribution in [2.75, 3.05) is 50.9 Å². The van der Waals surface area contributed by atoms with Crippen LogP contribution in [-0.4, -0.2) is 70.9 Å². The number of fused-ring (bicyclic) bond motifs is 2. The summed E-state index contributed by atoms with van der Waals surface area (Å²) in [7, 11) is -0.248. The molecule has 1 atom stereocenters. The summed E-state index contributed by atoms with van der Waals surface area (Å²) < 4.78 is 26.5. The molecule has 2 aromatic rings. The lowest BCUT2D eigenvalue weighted by Crippen LogP contribution is -2.46. The van der Waals surface area contributed by atoms with Crippen molar-refractivity contribution in [2.45, 2.75) is 37.0 Å². The van der Waals surface area contributed by atoms with Gasteiger partial charge in [0.25, 0.3) is 0 Å². The summed E-state index contributed by atoms with van der Waals surface area (Å²) >= 11 is 12.4. The van der Waals surface area contributed by atoms with Gasteiger partial charge in [-0.15, -0.1) is 0 Å². The summed E-state index contributed by atoms with van der Waals surface area (Å²) in [6.07, 6.45) is 4.14. The van der Waals surface area contributed by atoms with Crippen LogP contribution in [0.4, 0.5) is 5.69 Å². The van der Waals surface area contributed by atoms with Crippen LogP contribution in [0, 0.1) is 0 Å². The molecule has 1 spiro atoms. The number of sulfonamides is 1. The summed E-state index contributed by atoms with van der Waals surface area (Å²) in [6.45, 7) is 3.06. The van der Waals surface area contributed by atoms with E-state index >= 15 is 0 Å². The third-order valence-electron chi connectivity index (χ3n) is 7.66. The van der Waals surface area contributed by atoms with Gasteiger partial charge in [0.2, 0.25) is 15.9 Å². The highest BCUT2D eigenvalue weighted by molar-refractivity contribution is 7.92. The van der Waals surface area contributed by atoms with Crippen LogP contribution in [0.1, 0.15) is 42.7 Å². The quantitative estimate of drug-likeness (QED) is 0.443. The largest absolute Gasteiger partial charge is 0.303 e. The number of carbonyl (C=O) groups excluding carboxylic acids is 1. The molecule has 196 valence electrons. The van der Waals surface area contributed by atoms with Crippen LogP contribution in [-0.2, 0) is 25.1 Å². The van der Waals surface area contributed by atoms with Gasteiger partial charge in [0, 0.05) is 25.4 Å². The van der Waals surface area contributed by atoms with Crippen molar-refractivity contribution in [2.24, 2.45) is 0 Å². The van der Waals surface area contributed by atoms with Gasteiger partial charge in [0.1, 0.15) is 0 Å². The second-order valence-corrected chi connectivity index (χ2v) is 12.6. The average Bonchev–Trinajstić information content (AvgIpc) is 3.18. The molecule has 2 aliphatic rings. The summed E-state index contributed by atoms with van der Waals surface area (Å²) in [5.41, 5.74) is 2.77. The Morgan fingerprint density at radius 3 is 2.47 bits per heavy atom. The fourth-order valence-electron chi connectivity index (χ4n) is 5.45. The average molecular weight is 555 g/mol. The van der Waals surface area contributed by atoms with E-state index in [2.05, 4.69) is 11.0 Å². The molecule has 1 amide bonds. The zero-order valence-electron chi connectivity index (χ0n) is 20.9. The maximum absolute atomic E-state index is 12.6. The van der Waals surface area contributed by atoms with Gasteiger partial charge in [-0.2, -0.15) is 0 Å². The van der Waals surface area contributed by atoms with Gasteiger partial charge in [0.15, 0.2) is 0 Å². The van der Waals surface area contributed by atoms with Crippen molar-refractivity contribution in [3.8, 4) is 0 Å². The molecule has 10 heteroatoms. The number of piperidine rings is 1. The lowest BCUT2D eigenvalue weighted by atomic mass is 9.74. The number of halogens is 2. The Balaban J connectivity index is 1.45. The van der Waals surface area contributed by atoms with E-state index in [1.165, 1.54) is 18.4 Å². The molecule has 4 rings (SSSR count). The van der Waals surface area contributed by atoms with Gasteiger partial charge in [-0.05, 0) is 74.1 Å². The van der Waals surface area contributed by atoms with Crippen LogP contribution in [0.3, 0.4) is 0 Å². The minimum atomic E-state index is -3.33. The fourth-order valence-corrected chi connectivity index (χ4v) is 6.75. The van der Waals surface area contributed by atoms with E-state index in [-0.39, 0.29) is 17.2 Å². The predicted molar refractivity (Wildman–Crippen MR) is 144 cm³/mol. The van der Waals surface area contributed by atoms with Crippen LogP contribution in [0.25, 0.3) is 0 Å². The maximum atomic E-state index is 12.6. The number of nitrogens with zero attached hydrogens (tertiary/aromatic N) is 3. The molecule has 1 saturated heterocycles. The van der Waals surface area contributed by atoms with E-state index in [0.29, 0.717) is 23.0 Å². The Kier molecular flexibility index (Phi) is 8.22. The molecule has 0 bridgehead atoms. The van der Waals surface area contributed by atoms with Gasteiger partial charge in [-0.1, -0.05) is 47.5 Å². The number of hydrogen-bond acceptors (Lipinski definition) is 5. The summed E-state index contributed by atoms with van der Waals surface area (Å²) in [5, 5.41) is 2.21. The molecule has 0 aromatic heterocycles. The Morgan fingerprint density at radius 1 is 1.14 bits per heavy atom. The first-order chi connectivity index (χ1) is 17.0. The Morgan fingerprint density at radius 2 is 1.83 bits per heavy atom. The third-order valence-corrected chi connectivity index (χ3v) is 9.52. The highest BCUT2D eigenvalue weighted by Gasteiger charge is 2.46. The fraction of sp³-hybridized carbons (Fsp3) is 0.500. The molecule has 2 aliphatic heterocycles. The molecule has 0 radical (unpaired) electrons. The molecule has 0 saturated carbocycles. The number of rotatable bonds is 8. The topological polar surface area (TPSA) is 70.2 Å². The Bertz CT molecular complexity index is 1220. The molecule has 2 aromatic carbocycles. The Hall–Kier alpha value is -1.84. The third kappa shape index (κ3) is 5.68. The predicted octanol–water partition coefficient (Wildman–Crippen LogP) is 4.69. The smallest absolute Gasteiger partial charge is 0.246 e. The van der Waals surface area contributed by atoms with Crippen molar-refractivity contribution in [3.63, 3.8) is 0 Å². The number of amides is 1. The van der Waals surface area contributed by atoms with Crippen LogP contribution in [0.15, 0.2) is 42.5 Å². The monoisotopic (exact) mass is 553 g/mol. The second-order valence-electron chi connectivity index (χ2n) is 9.85. The van der Waals surface area contributed by atoms with Gasteiger partial charge in [-0.25, -0.2) is 13.5 Å².